The number of nitrogens with two attached hydrogens (primary N) is 1. The quantitative estimate of drug-likeness (QED) is 0.855. The molecule has 1 saturated carbocycles. The van der Waals surface area contributed by atoms with Gasteiger partial charge in [-0.15, -0.1) is 0 Å². The highest BCUT2D eigenvalue weighted by Gasteiger charge is 2.32. The van der Waals surface area contributed by atoms with Gasteiger partial charge in [0, 0.05) is 12.6 Å². The lowest BCUT2D eigenvalue weighted by molar-refractivity contribution is -0.125. The van der Waals surface area contributed by atoms with Crippen LogP contribution in [0.4, 0.5) is 0 Å². The molecule has 1 amide bonds. The molecule has 1 fully saturated rings. The molecule has 3 heteroatoms. The maximum absolute atomic E-state index is 12.2. The number of hydrogen-bond donors (Lipinski definition) is 2. The third-order valence-electron chi connectivity index (χ3n) is 4.39. The summed E-state index contributed by atoms with van der Waals surface area (Å²) in [5.74, 6) is -0.143. The van der Waals surface area contributed by atoms with Crippen LogP contribution in [0, 0.1) is 11.3 Å². The van der Waals surface area contributed by atoms with Crippen molar-refractivity contribution in [1.29, 1.82) is 0 Å². The molecule has 3 N–H and O–H groups in total. The van der Waals surface area contributed by atoms with Gasteiger partial charge in [0.2, 0.25) is 5.91 Å². The van der Waals surface area contributed by atoms with Gasteiger partial charge in [-0.2, -0.15) is 0 Å². The van der Waals surface area contributed by atoms with E-state index in [2.05, 4.69) is 12.2 Å². The lowest BCUT2D eigenvalue weighted by Crippen LogP contribution is -2.43. The Morgan fingerprint density at radius 3 is 2.53 bits per heavy atom. The van der Waals surface area contributed by atoms with Crippen LogP contribution in [0.1, 0.15) is 44.7 Å². The van der Waals surface area contributed by atoms with E-state index in [9.17, 15) is 4.79 Å². The van der Waals surface area contributed by atoms with E-state index in [1.807, 2.05) is 37.3 Å². The summed E-state index contributed by atoms with van der Waals surface area (Å²) in [7, 11) is 0. The number of rotatable bonds is 5. The van der Waals surface area contributed by atoms with Crippen LogP contribution in [0.25, 0.3) is 0 Å². The summed E-state index contributed by atoms with van der Waals surface area (Å²) in [5, 5.41) is 3.06. The Morgan fingerprint density at radius 1 is 1.37 bits per heavy atom. The zero-order chi connectivity index (χ0) is 13.9. The first-order chi connectivity index (χ1) is 9.02. The lowest BCUT2D eigenvalue weighted by atomic mass is 9.70. The van der Waals surface area contributed by atoms with Gasteiger partial charge in [-0.3, -0.25) is 4.79 Å². The first-order valence-corrected chi connectivity index (χ1v) is 7.10. The summed E-state index contributed by atoms with van der Waals surface area (Å²) in [6.45, 7) is 4.91. The van der Waals surface area contributed by atoms with Crippen molar-refractivity contribution in [2.24, 2.45) is 17.1 Å². The molecule has 0 aromatic heterocycles. The van der Waals surface area contributed by atoms with Crippen LogP contribution in [0.5, 0.6) is 0 Å². The van der Waals surface area contributed by atoms with Crippen molar-refractivity contribution in [3.05, 3.63) is 35.9 Å². The highest BCUT2D eigenvalue weighted by molar-refractivity contribution is 5.79. The second kappa shape index (κ2) is 5.74. The third-order valence-corrected chi connectivity index (χ3v) is 4.39. The van der Waals surface area contributed by atoms with E-state index in [0.717, 1.165) is 12.1 Å². The first-order valence-electron chi connectivity index (χ1n) is 7.10. The van der Waals surface area contributed by atoms with Crippen LogP contribution in [0.15, 0.2) is 30.3 Å². The highest BCUT2D eigenvalue weighted by atomic mass is 16.1. The summed E-state index contributed by atoms with van der Waals surface area (Å²) in [4.78, 5) is 12.2. The molecule has 2 rings (SSSR count). The van der Waals surface area contributed by atoms with E-state index in [-0.39, 0.29) is 17.9 Å². The predicted molar refractivity (Wildman–Crippen MR) is 77.5 cm³/mol. The van der Waals surface area contributed by atoms with Crippen molar-refractivity contribution in [2.75, 3.05) is 6.54 Å². The van der Waals surface area contributed by atoms with Gasteiger partial charge in [0.05, 0.1) is 5.92 Å². The summed E-state index contributed by atoms with van der Waals surface area (Å²) >= 11 is 0. The van der Waals surface area contributed by atoms with Crippen LogP contribution < -0.4 is 11.1 Å². The van der Waals surface area contributed by atoms with Crippen molar-refractivity contribution in [1.82, 2.24) is 5.32 Å². The van der Waals surface area contributed by atoms with Crippen molar-refractivity contribution < 1.29 is 4.79 Å². The van der Waals surface area contributed by atoms with Crippen LogP contribution in [0.3, 0.4) is 0 Å². The molecule has 0 heterocycles. The summed E-state index contributed by atoms with van der Waals surface area (Å²) < 4.78 is 0. The summed E-state index contributed by atoms with van der Waals surface area (Å²) in [6.07, 6.45) is 3.71. The van der Waals surface area contributed by atoms with E-state index < -0.39 is 0 Å². The molecule has 1 aromatic rings. The maximum Gasteiger partial charge on any atom is 0.224 e. The molecular weight excluding hydrogens is 236 g/mol. The minimum Gasteiger partial charge on any atom is -0.355 e. The molecule has 0 radical (unpaired) electrons. The van der Waals surface area contributed by atoms with Crippen molar-refractivity contribution in [2.45, 2.75) is 39.2 Å². The average molecular weight is 260 g/mol. The fraction of sp³-hybridized carbons (Fsp3) is 0.562. The monoisotopic (exact) mass is 260 g/mol. The van der Waals surface area contributed by atoms with E-state index >= 15 is 0 Å². The predicted octanol–water partition coefficient (Wildman–Crippen LogP) is 2.63. The summed E-state index contributed by atoms with van der Waals surface area (Å²) in [6, 6.07) is 9.57. The molecule has 2 unspecified atom stereocenters. The number of amides is 1. The molecule has 19 heavy (non-hydrogen) atoms. The summed E-state index contributed by atoms with van der Waals surface area (Å²) in [5.41, 5.74) is 7.49. The average Bonchev–Trinajstić information content (AvgIpc) is 2.42. The largest absolute Gasteiger partial charge is 0.355 e. The smallest absolute Gasteiger partial charge is 0.224 e. The zero-order valence-corrected chi connectivity index (χ0v) is 11.9. The Hall–Kier alpha value is -1.35. The Kier molecular flexibility index (Phi) is 4.25. The number of carbonyl (C=O) groups excluding carboxylic acids is 1. The zero-order valence-electron chi connectivity index (χ0n) is 11.9. The molecule has 3 nitrogen and oxygen atoms in total. The maximum atomic E-state index is 12.2. The number of hydrogen-bond acceptors (Lipinski definition) is 2. The van der Waals surface area contributed by atoms with Gasteiger partial charge in [0.1, 0.15) is 0 Å². The van der Waals surface area contributed by atoms with Gasteiger partial charge in [0.25, 0.3) is 0 Å². The standard InChI is InChI=1S/C16H24N2O/c1-12(14(17)13-7-4-3-5-8-13)15(19)18-11-16(2)9-6-10-16/h3-5,7-8,12,14H,6,9-11,17H2,1-2H3,(H,18,19). The number of carbonyl (C=O) groups is 1. The number of nitrogens with one attached hydrogen (secondary N) is 1. The van der Waals surface area contributed by atoms with Gasteiger partial charge in [0.15, 0.2) is 0 Å². The van der Waals surface area contributed by atoms with Crippen molar-refractivity contribution >= 4 is 5.91 Å². The second-order valence-corrected chi connectivity index (χ2v) is 6.11. The van der Waals surface area contributed by atoms with Crippen molar-refractivity contribution in [3.8, 4) is 0 Å². The molecule has 1 aromatic carbocycles. The third kappa shape index (κ3) is 3.35. The molecule has 0 saturated heterocycles. The van der Waals surface area contributed by atoms with Gasteiger partial charge in [-0.25, -0.2) is 0 Å². The second-order valence-electron chi connectivity index (χ2n) is 6.11. The van der Waals surface area contributed by atoms with Crippen molar-refractivity contribution in [3.63, 3.8) is 0 Å². The Bertz CT molecular complexity index is 426. The molecule has 0 spiro atoms. The lowest BCUT2D eigenvalue weighted by Gasteiger charge is -2.38. The molecule has 0 bridgehead atoms. The SMILES string of the molecule is CC(C(=O)NCC1(C)CCC1)C(N)c1ccccc1. The van der Waals surface area contributed by atoms with Crippen LogP contribution >= 0.6 is 0 Å². The first kappa shape index (κ1) is 14.1. The normalized spacial score (nSPS) is 20.2. The Balaban J connectivity index is 1.88. The van der Waals surface area contributed by atoms with E-state index in [1.165, 1.54) is 19.3 Å². The fourth-order valence-electron chi connectivity index (χ4n) is 2.55. The molecule has 104 valence electrons. The van der Waals surface area contributed by atoms with E-state index in [0.29, 0.717) is 5.41 Å². The Labute approximate surface area is 115 Å². The fourth-order valence-corrected chi connectivity index (χ4v) is 2.55. The van der Waals surface area contributed by atoms with Crippen LogP contribution in [0.2, 0.25) is 0 Å². The number of benzene rings is 1. The van der Waals surface area contributed by atoms with Crippen LogP contribution in [-0.2, 0) is 4.79 Å². The minimum atomic E-state index is -0.240. The van der Waals surface area contributed by atoms with Gasteiger partial charge in [-0.1, -0.05) is 50.6 Å². The van der Waals surface area contributed by atoms with Gasteiger partial charge < -0.3 is 11.1 Å². The molecule has 0 aliphatic heterocycles. The molecule has 1 aliphatic carbocycles. The highest BCUT2D eigenvalue weighted by Crippen LogP contribution is 2.39. The van der Waals surface area contributed by atoms with E-state index in [1.54, 1.807) is 0 Å². The molecule has 2 atom stereocenters. The molecular formula is C16H24N2O. The van der Waals surface area contributed by atoms with Gasteiger partial charge >= 0.3 is 0 Å². The minimum absolute atomic E-state index is 0.0597. The Morgan fingerprint density at radius 2 is 2.00 bits per heavy atom. The van der Waals surface area contributed by atoms with E-state index in [4.69, 9.17) is 5.73 Å². The molecule has 1 aliphatic rings. The van der Waals surface area contributed by atoms with Gasteiger partial charge in [-0.05, 0) is 23.8 Å². The van der Waals surface area contributed by atoms with Crippen LogP contribution in [-0.4, -0.2) is 12.5 Å². The topological polar surface area (TPSA) is 55.1 Å².